The fourth-order valence-electron chi connectivity index (χ4n) is 3.01. The Morgan fingerprint density at radius 1 is 1.33 bits per heavy atom. The highest BCUT2D eigenvalue weighted by atomic mass is 32.2. The third kappa shape index (κ3) is 5.35. The number of allylic oxidation sites excluding steroid dienone is 1. The number of nitrogens with zero attached hydrogens (tertiary/aromatic N) is 2. The maximum Gasteiger partial charge on any atom is 0.277 e. The van der Waals surface area contributed by atoms with Gasteiger partial charge in [-0.05, 0) is 51.2 Å². The molecule has 1 unspecified atom stereocenters. The zero-order chi connectivity index (χ0) is 19.1. The van der Waals surface area contributed by atoms with Crippen LogP contribution in [0.2, 0.25) is 0 Å². The maximum absolute atomic E-state index is 12.3. The molecule has 1 atom stereocenters. The van der Waals surface area contributed by atoms with Gasteiger partial charge in [-0.1, -0.05) is 35.5 Å². The molecule has 0 saturated carbocycles. The Morgan fingerprint density at radius 2 is 2.19 bits per heavy atom. The van der Waals surface area contributed by atoms with Gasteiger partial charge in [0, 0.05) is 6.54 Å². The molecule has 27 heavy (non-hydrogen) atoms. The van der Waals surface area contributed by atoms with Crippen LogP contribution in [0.3, 0.4) is 0 Å². The van der Waals surface area contributed by atoms with Gasteiger partial charge in [0.05, 0.1) is 17.9 Å². The lowest BCUT2D eigenvalue weighted by Crippen LogP contribution is -2.31. The number of carbonyl (C=O) groups excluding carboxylic acids is 1. The van der Waals surface area contributed by atoms with E-state index in [1.807, 2.05) is 31.2 Å². The molecule has 0 radical (unpaired) electrons. The van der Waals surface area contributed by atoms with Crippen LogP contribution in [-0.2, 0) is 4.79 Å². The number of rotatable bonds is 8. The molecule has 1 N–H and O–H groups in total. The molecular weight excluding hydrogens is 362 g/mol. The highest BCUT2D eigenvalue weighted by molar-refractivity contribution is 8.00. The molecule has 0 fully saturated rings. The number of thioether (sulfide) groups is 1. The summed E-state index contributed by atoms with van der Waals surface area (Å²) in [6.07, 6.45) is 8.12. The van der Waals surface area contributed by atoms with Crippen LogP contribution in [0.4, 0.5) is 0 Å². The molecule has 1 aliphatic rings. The Morgan fingerprint density at radius 3 is 2.96 bits per heavy atom. The van der Waals surface area contributed by atoms with E-state index in [2.05, 4.69) is 21.6 Å². The van der Waals surface area contributed by atoms with Gasteiger partial charge in [0.2, 0.25) is 5.91 Å². The number of amides is 1. The summed E-state index contributed by atoms with van der Waals surface area (Å²) in [5.41, 5.74) is 2.19. The van der Waals surface area contributed by atoms with Gasteiger partial charge in [0.15, 0.2) is 0 Å². The first-order valence-electron chi connectivity index (χ1n) is 9.26. The van der Waals surface area contributed by atoms with Crippen molar-refractivity contribution in [2.45, 2.75) is 49.5 Å². The van der Waals surface area contributed by atoms with E-state index in [4.69, 9.17) is 9.15 Å². The topological polar surface area (TPSA) is 77.2 Å². The van der Waals surface area contributed by atoms with Crippen LogP contribution in [0.5, 0.6) is 5.75 Å². The van der Waals surface area contributed by atoms with E-state index in [0.717, 1.165) is 18.4 Å². The van der Waals surface area contributed by atoms with Gasteiger partial charge < -0.3 is 14.5 Å². The number of nitrogens with one attached hydrogen (secondary N) is 1. The summed E-state index contributed by atoms with van der Waals surface area (Å²) in [5, 5.41) is 11.2. The molecule has 2 aromatic rings. The molecule has 7 heteroatoms. The molecule has 1 heterocycles. The van der Waals surface area contributed by atoms with Crippen molar-refractivity contribution in [3.8, 4) is 17.2 Å². The number of hydrogen-bond acceptors (Lipinski definition) is 6. The SMILES string of the molecule is COc1ccccc1-c1nnc(SC(C)C(=O)NCCC2=CCCCC2)o1. The third-order valence-electron chi connectivity index (χ3n) is 4.52. The Hall–Kier alpha value is -2.28. The molecule has 0 saturated heterocycles. The second-order valence-corrected chi connectivity index (χ2v) is 7.77. The first kappa shape index (κ1) is 19.5. The highest BCUT2D eigenvalue weighted by Crippen LogP contribution is 2.31. The average Bonchev–Trinajstić information content (AvgIpc) is 3.17. The second-order valence-electron chi connectivity index (χ2n) is 6.48. The van der Waals surface area contributed by atoms with Crippen LogP contribution in [0.15, 0.2) is 45.6 Å². The molecule has 1 aromatic carbocycles. The lowest BCUT2D eigenvalue weighted by molar-refractivity contribution is -0.120. The van der Waals surface area contributed by atoms with Crippen LogP contribution in [0.1, 0.15) is 39.0 Å². The van der Waals surface area contributed by atoms with Crippen molar-refractivity contribution in [1.82, 2.24) is 15.5 Å². The summed E-state index contributed by atoms with van der Waals surface area (Å²) >= 11 is 1.26. The largest absolute Gasteiger partial charge is 0.496 e. The quantitative estimate of drug-likeness (QED) is 0.539. The van der Waals surface area contributed by atoms with E-state index in [1.165, 1.54) is 36.6 Å². The predicted octanol–water partition coefficient (Wildman–Crippen LogP) is 4.23. The molecule has 144 valence electrons. The lowest BCUT2D eigenvalue weighted by atomic mass is 9.97. The van der Waals surface area contributed by atoms with E-state index in [9.17, 15) is 4.79 Å². The van der Waals surface area contributed by atoms with E-state index in [1.54, 1.807) is 7.11 Å². The van der Waals surface area contributed by atoms with Gasteiger partial charge in [-0.15, -0.1) is 10.2 Å². The predicted molar refractivity (Wildman–Crippen MR) is 106 cm³/mol. The molecule has 0 aliphatic heterocycles. The summed E-state index contributed by atoms with van der Waals surface area (Å²) in [7, 11) is 1.60. The van der Waals surface area contributed by atoms with Gasteiger partial charge in [0.1, 0.15) is 5.75 Å². The number of benzene rings is 1. The van der Waals surface area contributed by atoms with Crippen molar-refractivity contribution >= 4 is 17.7 Å². The Bertz CT molecular complexity index is 803. The molecule has 1 aromatic heterocycles. The van der Waals surface area contributed by atoms with Gasteiger partial charge >= 0.3 is 0 Å². The van der Waals surface area contributed by atoms with Crippen LogP contribution in [0, 0.1) is 0 Å². The van der Waals surface area contributed by atoms with Crippen LogP contribution in [0.25, 0.3) is 11.5 Å². The van der Waals surface area contributed by atoms with Gasteiger partial charge in [-0.3, -0.25) is 4.79 Å². The standard InChI is InChI=1S/C20H25N3O3S/c1-14(18(24)21-13-12-15-8-4-3-5-9-15)27-20-23-22-19(26-20)16-10-6-7-11-17(16)25-2/h6-8,10-11,14H,3-5,9,12-13H2,1-2H3,(H,21,24). The van der Waals surface area contributed by atoms with Crippen molar-refractivity contribution in [1.29, 1.82) is 0 Å². The molecule has 6 nitrogen and oxygen atoms in total. The number of para-hydroxylation sites is 1. The van der Waals surface area contributed by atoms with Crippen molar-refractivity contribution in [3.63, 3.8) is 0 Å². The summed E-state index contributed by atoms with van der Waals surface area (Å²) in [4.78, 5) is 12.3. The molecule has 1 aliphatic carbocycles. The van der Waals surface area contributed by atoms with Crippen molar-refractivity contribution in [2.24, 2.45) is 0 Å². The van der Waals surface area contributed by atoms with Gasteiger partial charge in [-0.25, -0.2) is 0 Å². The smallest absolute Gasteiger partial charge is 0.277 e. The van der Waals surface area contributed by atoms with Crippen LogP contribution < -0.4 is 10.1 Å². The summed E-state index contributed by atoms with van der Waals surface area (Å²) in [6.45, 7) is 2.51. The molecule has 0 bridgehead atoms. The van der Waals surface area contributed by atoms with E-state index >= 15 is 0 Å². The van der Waals surface area contributed by atoms with E-state index < -0.39 is 0 Å². The average molecular weight is 388 g/mol. The minimum absolute atomic E-state index is 0.0200. The normalized spacial score (nSPS) is 15.1. The van der Waals surface area contributed by atoms with E-state index in [-0.39, 0.29) is 11.2 Å². The molecule has 0 spiro atoms. The summed E-state index contributed by atoms with van der Waals surface area (Å²) in [5.74, 6) is 1.03. The number of aromatic nitrogens is 2. The Balaban J connectivity index is 1.51. The molecular formula is C20H25N3O3S. The lowest BCUT2D eigenvalue weighted by Gasteiger charge is -2.14. The Kier molecular flexibility index (Phi) is 6.92. The summed E-state index contributed by atoms with van der Waals surface area (Å²) < 4.78 is 11.0. The first-order chi connectivity index (χ1) is 13.2. The summed E-state index contributed by atoms with van der Waals surface area (Å²) in [6, 6.07) is 7.46. The number of methoxy groups -OCH3 is 1. The number of ether oxygens (including phenoxy) is 1. The minimum atomic E-state index is -0.309. The third-order valence-corrected chi connectivity index (χ3v) is 5.46. The van der Waals surface area contributed by atoms with Gasteiger partial charge in [-0.2, -0.15) is 0 Å². The zero-order valence-electron chi connectivity index (χ0n) is 15.7. The maximum atomic E-state index is 12.3. The minimum Gasteiger partial charge on any atom is -0.496 e. The van der Waals surface area contributed by atoms with Crippen LogP contribution >= 0.6 is 11.8 Å². The zero-order valence-corrected chi connectivity index (χ0v) is 16.6. The van der Waals surface area contributed by atoms with Crippen LogP contribution in [-0.4, -0.2) is 35.0 Å². The van der Waals surface area contributed by atoms with Crippen molar-refractivity contribution in [2.75, 3.05) is 13.7 Å². The van der Waals surface area contributed by atoms with Gasteiger partial charge in [0.25, 0.3) is 11.1 Å². The molecule has 1 amide bonds. The van der Waals surface area contributed by atoms with Crippen molar-refractivity contribution < 1.29 is 13.9 Å². The molecule has 3 rings (SSSR count). The first-order valence-corrected chi connectivity index (χ1v) is 10.1. The van der Waals surface area contributed by atoms with E-state index in [0.29, 0.717) is 23.4 Å². The monoisotopic (exact) mass is 387 g/mol. The highest BCUT2D eigenvalue weighted by Gasteiger charge is 2.19. The number of carbonyl (C=O) groups is 1. The fraction of sp³-hybridized carbons (Fsp3) is 0.450. The Labute approximate surface area is 163 Å². The second kappa shape index (κ2) is 9.60. The number of hydrogen-bond donors (Lipinski definition) is 1. The fourth-order valence-corrected chi connectivity index (χ4v) is 3.72. The van der Waals surface area contributed by atoms with Crippen molar-refractivity contribution in [3.05, 3.63) is 35.9 Å².